The number of amides is 2. The number of hydrogen-bond acceptors (Lipinski definition) is 3. The first-order chi connectivity index (χ1) is 14.5. The van der Waals surface area contributed by atoms with Crippen LogP contribution in [0, 0.1) is 13.8 Å². The van der Waals surface area contributed by atoms with Gasteiger partial charge in [-0.2, -0.15) is 0 Å². The van der Waals surface area contributed by atoms with Crippen LogP contribution in [0.4, 0.5) is 5.69 Å². The van der Waals surface area contributed by atoms with E-state index in [9.17, 15) is 9.59 Å². The van der Waals surface area contributed by atoms with E-state index in [0.717, 1.165) is 16.9 Å². The molecule has 0 spiro atoms. The van der Waals surface area contributed by atoms with Gasteiger partial charge < -0.3 is 15.0 Å². The lowest BCUT2D eigenvalue weighted by Crippen LogP contribution is -2.31. The number of ether oxygens (including phenoxy) is 1. The zero-order valence-corrected chi connectivity index (χ0v) is 17.5. The van der Waals surface area contributed by atoms with Crippen LogP contribution < -0.4 is 10.1 Å². The summed E-state index contributed by atoms with van der Waals surface area (Å²) in [6, 6.07) is 22.1. The summed E-state index contributed by atoms with van der Waals surface area (Å²) in [6.07, 6.45) is 0. The van der Waals surface area contributed by atoms with Gasteiger partial charge in [-0.05, 0) is 55.3 Å². The topological polar surface area (TPSA) is 58.6 Å². The van der Waals surface area contributed by atoms with Gasteiger partial charge in [-0.3, -0.25) is 9.59 Å². The molecule has 3 aromatic carbocycles. The summed E-state index contributed by atoms with van der Waals surface area (Å²) >= 11 is 0. The summed E-state index contributed by atoms with van der Waals surface area (Å²) in [6.45, 7) is 4.74. The van der Waals surface area contributed by atoms with E-state index in [1.54, 1.807) is 36.2 Å². The Kier molecular flexibility index (Phi) is 6.86. The molecular weight excluding hydrogens is 376 g/mol. The maximum absolute atomic E-state index is 12.8. The zero-order chi connectivity index (χ0) is 21.5. The van der Waals surface area contributed by atoms with Crippen molar-refractivity contribution in [1.29, 1.82) is 0 Å². The molecule has 3 aromatic rings. The third-order valence-corrected chi connectivity index (χ3v) is 4.89. The fraction of sp³-hybridized carbons (Fsp3) is 0.200. The van der Waals surface area contributed by atoms with Gasteiger partial charge in [-0.25, -0.2) is 0 Å². The minimum Gasteiger partial charge on any atom is -0.491 e. The summed E-state index contributed by atoms with van der Waals surface area (Å²) < 4.78 is 5.79. The van der Waals surface area contributed by atoms with Gasteiger partial charge in [0, 0.05) is 23.9 Å². The van der Waals surface area contributed by atoms with Gasteiger partial charge in [-0.1, -0.05) is 42.5 Å². The fourth-order valence-electron chi connectivity index (χ4n) is 3.01. The van der Waals surface area contributed by atoms with Gasteiger partial charge in [0.05, 0.1) is 6.54 Å². The molecule has 0 heterocycles. The fourth-order valence-corrected chi connectivity index (χ4v) is 3.01. The Morgan fingerprint density at radius 3 is 2.30 bits per heavy atom. The van der Waals surface area contributed by atoms with Gasteiger partial charge in [0.2, 0.25) is 0 Å². The first-order valence-corrected chi connectivity index (χ1v) is 9.86. The van der Waals surface area contributed by atoms with Crippen molar-refractivity contribution in [1.82, 2.24) is 4.90 Å². The highest BCUT2D eigenvalue weighted by Crippen LogP contribution is 2.20. The summed E-state index contributed by atoms with van der Waals surface area (Å²) in [7, 11) is 1.74. The van der Waals surface area contributed by atoms with Gasteiger partial charge in [0.15, 0.2) is 0 Å². The second-order valence-electron chi connectivity index (χ2n) is 7.19. The molecule has 0 aliphatic rings. The Labute approximate surface area is 177 Å². The number of anilines is 1. The molecule has 154 valence electrons. The molecule has 0 fully saturated rings. The number of likely N-dealkylation sites (N-methyl/N-ethyl adjacent to an activating group) is 1. The molecule has 0 saturated carbocycles. The Hall–Kier alpha value is -3.60. The van der Waals surface area contributed by atoms with E-state index in [2.05, 4.69) is 5.32 Å². The van der Waals surface area contributed by atoms with Gasteiger partial charge in [-0.15, -0.1) is 0 Å². The molecule has 0 unspecified atom stereocenters. The number of hydrogen-bond donors (Lipinski definition) is 1. The lowest BCUT2D eigenvalue weighted by atomic mass is 10.1. The molecule has 5 nitrogen and oxygen atoms in total. The molecule has 0 aromatic heterocycles. The maximum atomic E-state index is 12.8. The number of nitrogens with one attached hydrogen (secondary N) is 1. The molecule has 0 atom stereocenters. The summed E-state index contributed by atoms with van der Waals surface area (Å²) in [5.74, 6) is 0.487. The second kappa shape index (κ2) is 9.74. The van der Waals surface area contributed by atoms with Crippen molar-refractivity contribution >= 4 is 17.5 Å². The van der Waals surface area contributed by atoms with Crippen molar-refractivity contribution < 1.29 is 14.3 Å². The number of rotatable bonds is 7. The van der Waals surface area contributed by atoms with E-state index in [1.807, 2.05) is 62.4 Å². The highest BCUT2D eigenvalue weighted by molar-refractivity contribution is 6.05. The van der Waals surface area contributed by atoms with E-state index in [1.165, 1.54) is 0 Å². The van der Waals surface area contributed by atoms with E-state index in [-0.39, 0.29) is 11.8 Å². The predicted molar refractivity (Wildman–Crippen MR) is 119 cm³/mol. The van der Waals surface area contributed by atoms with E-state index in [0.29, 0.717) is 30.0 Å². The standard InChI is InChI=1S/C25H26N2O3/c1-18-13-14-21(17-22(18)26-24(28)20-10-5-4-6-11-20)25(29)27(3)15-16-30-23-12-8-7-9-19(23)2/h4-14,17H,15-16H2,1-3H3,(H,26,28). The van der Waals surface area contributed by atoms with E-state index in [4.69, 9.17) is 4.74 Å². The number of nitrogens with zero attached hydrogens (tertiary/aromatic N) is 1. The van der Waals surface area contributed by atoms with Crippen LogP contribution in [0.3, 0.4) is 0 Å². The molecule has 30 heavy (non-hydrogen) atoms. The maximum Gasteiger partial charge on any atom is 0.255 e. The first kappa shape index (κ1) is 21.1. The molecule has 0 bridgehead atoms. The van der Waals surface area contributed by atoms with Crippen molar-refractivity contribution in [2.45, 2.75) is 13.8 Å². The normalized spacial score (nSPS) is 10.4. The van der Waals surface area contributed by atoms with Crippen molar-refractivity contribution in [3.05, 3.63) is 95.1 Å². The predicted octanol–water partition coefficient (Wildman–Crippen LogP) is 4.71. The monoisotopic (exact) mass is 402 g/mol. The largest absolute Gasteiger partial charge is 0.491 e. The average Bonchev–Trinajstić information content (AvgIpc) is 2.76. The first-order valence-electron chi connectivity index (χ1n) is 9.86. The summed E-state index contributed by atoms with van der Waals surface area (Å²) in [4.78, 5) is 26.9. The quantitative estimate of drug-likeness (QED) is 0.623. The number of aryl methyl sites for hydroxylation is 2. The van der Waals surface area contributed by atoms with Crippen LogP contribution >= 0.6 is 0 Å². The molecule has 0 aliphatic carbocycles. The molecule has 0 radical (unpaired) electrons. The Bertz CT molecular complexity index is 1030. The van der Waals surface area contributed by atoms with Gasteiger partial charge >= 0.3 is 0 Å². The smallest absolute Gasteiger partial charge is 0.255 e. The number of para-hydroxylation sites is 1. The molecule has 0 saturated heterocycles. The summed E-state index contributed by atoms with van der Waals surface area (Å²) in [5, 5.41) is 2.90. The number of carbonyl (C=O) groups is 2. The lowest BCUT2D eigenvalue weighted by Gasteiger charge is -2.19. The van der Waals surface area contributed by atoms with Crippen LogP contribution in [-0.2, 0) is 0 Å². The average molecular weight is 402 g/mol. The Morgan fingerprint density at radius 1 is 0.867 bits per heavy atom. The summed E-state index contributed by atoms with van der Waals surface area (Å²) in [5.41, 5.74) is 3.66. The Morgan fingerprint density at radius 2 is 1.57 bits per heavy atom. The van der Waals surface area contributed by atoms with Crippen LogP contribution in [0.15, 0.2) is 72.8 Å². The minimum atomic E-state index is -0.205. The van der Waals surface area contributed by atoms with Crippen molar-refractivity contribution in [3.63, 3.8) is 0 Å². The molecule has 5 heteroatoms. The Balaban J connectivity index is 1.63. The molecule has 1 N–H and O–H groups in total. The SMILES string of the molecule is Cc1ccc(C(=O)N(C)CCOc2ccccc2C)cc1NC(=O)c1ccccc1. The van der Waals surface area contributed by atoms with Crippen LogP contribution in [0.25, 0.3) is 0 Å². The van der Waals surface area contributed by atoms with Crippen LogP contribution in [-0.4, -0.2) is 36.9 Å². The van der Waals surface area contributed by atoms with Crippen LogP contribution in [0.2, 0.25) is 0 Å². The molecule has 3 rings (SSSR count). The molecule has 2 amide bonds. The van der Waals surface area contributed by atoms with Gasteiger partial charge in [0.25, 0.3) is 11.8 Å². The van der Waals surface area contributed by atoms with E-state index >= 15 is 0 Å². The number of carbonyl (C=O) groups excluding carboxylic acids is 2. The molecular formula is C25H26N2O3. The molecule has 0 aliphatic heterocycles. The van der Waals surface area contributed by atoms with Gasteiger partial charge in [0.1, 0.15) is 12.4 Å². The third-order valence-electron chi connectivity index (χ3n) is 4.89. The van der Waals surface area contributed by atoms with E-state index < -0.39 is 0 Å². The van der Waals surface area contributed by atoms with Crippen LogP contribution in [0.1, 0.15) is 31.8 Å². The van der Waals surface area contributed by atoms with Crippen molar-refractivity contribution in [2.75, 3.05) is 25.5 Å². The van der Waals surface area contributed by atoms with Crippen molar-refractivity contribution in [2.24, 2.45) is 0 Å². The number of benzene rings is 3. The third kappa shape index (κ3) is 5.26. The highest BCUT2D eigenvalue weighted by atomic mass is 16.5. The minimum absolute atomic E-state index is 0.126. The second-order valence-corrected chi connectivity index (χ2v) is 7.19. The van der Waals surface area contributed by atoms with Crippen LogP contribution in [0.5, 0.6) is 5.75 Å². The van der Waals surface area contributed by atoms with Crippen molar-refractivity contribution in [3.8, 4) is 5.75 Å². The zero-order valence-electron chi connectivity index (χ0n) is 17.5. The highest BCUT2D eigenvalue weighted by Gasteiger charge is 2.15. The lowest BCUT2D eigenvalue weighted by molar-refractivity contribution is 0.0773.